The summed E-state index contributed by atoms with van der Waals surface area (Å²) in [6, 6.07) is 6.36. The molecule has 11 heteroatoms. The topological polar surface area (TPSA) is 130 Å². The number of aliphatic hydroxyl groups excluding tert-OH is 1. The summed E-state index contributed by atoms with van der Waals surface area (Å²) in [6.07, 6.45) is 0.309. The van der Waals surface area contributed by atoms with E-state index < -0.39 is 68.5 Å². The standard InChI is InChI=1S/C30H31F2NO7S/c1-27-13-23(35)30(32)18(11-21(31)19-10-16(34)7-8-28(19,30)2)20(27)12-29(39,14-27)25(37)40-17-5-3-15(4-6-17)9-22-24(36)33-26(38)41-22/h3-8,10,18,20-23,35,39H,9,11-14H2,1-2H3,(H,33,36,38)/t18?,20?,21-,22?,23-,27+,28-,29+,30-/m0/s1. The Bertz CT molecular complexity index is 1410. The SMILES string of the molecule is C[C@]12C[C@H](O)[C@@]3(F)C(C[C@H](F)C4=CC(=O)C=C[C@@]43C)C1C[C@](O)(C(=O)Oc1ccc(CC3SC(=O)NC3=O)cc1)C2. The van der Waals surface area contributed by atoms with Gasteiger partial charge in [0.05, 0.1) is 11.4 Å². The van der Waals surface area contributed by atoms with Crippen LogP contribution >= 0.6 is 11.8 Å². The summed E-state index contributed by atoms with van der Waals surface area (Å²) in [6.45, 7) is 3.28. The largest absolute Gasteiger partial charge is 0.424 e. The number of carbonyl (C=O) groups is 4. The number of imide groups is 1. The third-order valence-corrected chi connectivity index (χ3v) is 11.1. The first-order valence-electron chi connectivity index (χ1n) is 13.7. The Kier molecular flexibility index (Phi) is 6.41. The zero-order valence-electron chi connectivity index (χ0n) is 22.6. The summed E-state index contributed by atoms with van der Waals surface area (Å²) in [5, 5.41) is 24.1. The summed E-state index contributed by atoms with van der Waals surface area (Å²) in [5.74, 6) is -3.18. The van der Waals surface area contributed by atoms with Gasteiger partial charge in [-0.15, -0.1) is 0 Å². The molecule has 0 bridgehead atoms. The fraction of sp³-hybridized carbons (Fsp3) is 0.533. The lowest BCUT2D eigenvalue weighted by Crippen LogP contribution is -2.67. The maximum Gasteiger partial charge on any atom is 0.343 e. The van der Waals surface area contributed by atoms with Gasteiger partial charge in [-0.3, -0.25) is 19.7 Å². The quantitative estimate of drug-likeness (QED) is 0.361. The molecule has 3 saturated carbocycles. The second-order valence-corrected chi connectivity index (χ2v) is 13.8. The molecule has 5 aliphatic rings. The maximum absolute atomic E-state index is 17.2. The van der Waals surface area contributed by atoms with Crippen molar-refractivity contribution in [2.45, 2.75) is 74.7 Å². The highest BCUT2D eigenvalue weighted by atomic mass is 32.2. The number of ketones is 1. The van der Waals surface area contributed by atoms with Crippen molar-refractivity contribution in [3.63, 3.8) is 0 Å². The molecule has 1 aliphatic heterocycles. The third-order valence-electron chi connectivity index (χ3n) is 10.1. The van der Waals surface area contributed by atoms with Crippen molar-refractivity contribution in [1.82, 2.24) is 5.32 Å². The van der Waals surface area contributed by atoms with Crippen molar-refractivity contribution in [2.24, 2.45) is 22.7 Å². The van der Waals surface area contributed by atoms with Crippen molar-refractivity contribution < 1.29 is 42.9 Å². The van der Waals surface area contributed by atoms with Gasteiger partial charge < -0.3 is 14.9 Å². The normalized spacial score (nSPS) is 43.1. The van der Waals surface area contributed by atoms with Gasteiger partial charge in [-0.1, -0.05) is 36.9 Å². The van der Waals surface area contributed by atoms with E-state index in [9.17, 15) is 29.4 Å². The van der Waals surface area contributed by atoms with Gasteiger partial charge in [-0.05, 0) is 85.8 Å². The average molecular weight is 588 g/mol. The van der Waals surface area contributed by atoms with Crippen LogP contribution in [-0.4, -0.2) is 61.9 Å². The summed E-state index contributed by atoms with van der Waals surface area (Å²) in [7, 11) is 0. The number of aliphatic hydroxyl groups is 2. The zero-order valence-corrected chi connectivity index (χ0v) is 23.4. The lowest BCUT2D eigenvalue weighted by atomic mass is 9.45. The van der Waals surface area contributed by atoms with E-state index in [0.29, 0.717) is 6.42 Å². The number of fused-ring (bicyclic) bond motifs is 5. The van der Waals surface area contributed by atoms with Crippen molar-refractivity contribution in [2.75, 3.05) is 0 Å². The van der Waals surface area contributed by atoms with E-state index in [1.54, 1.807) is 19.1 Å². The summed E-state index contributed by atoms with van der Waals surface area (Å²) in [4.78, 5) is 48.5. The van der Waals surface area contributed by atoms with Crippen LogP contribution in [0.1, 0.15) is 45.1 Å². The lowest BCUT2D eigenvalue weighted by Gasteiger charge is -2.61. The smallest absolute Gasteiger partial charge is 0.343 e. The molecule has 1 saturated heterocycles. The number of hydrogen-bond donors (Lipinski definition) is 3. The minimum Gasteiger partial charge on any atom is -0.424 e. The highest BCUT2D eigenvalue weighted by Crippen LogP contribution is 2.69. The van der Waals surface area contributed by atoms with Gasteiger partial charge in [0, 0.05) is 11.3 Å². The third kappa shape index (κ3) is 4.22. The summed E-state index contributed by atoms with van der Waals surface area (Å²) >= 11 is 0.915. The molecule has 1 aromatic carbocycles. The van der Waals surface area contributed by atoms with Crippen LogP contribution in [0.3, 0.4) is 0 Å². The molecule has 4 fully saturated rings. The van der Waals surface area contributed by atoms with Crippen molar-refractivity contribution in [3.05, 3.63) is 53.6 Å². The molecule has 0 radical (unpaired) electrons. The van der Waals surface area contributed by atoms with E-state index >= 15 is 8.78 Å². The molecule has 6 rings (SSSR count). The first-order valence-corrected chi connectivity index (χ1v) is 14.6. The molecule has 1 heterocycles. The molecule has 2 amide bonds. The molecule has 0 spiro atoms. The number of benzene rings is 1. The number of esters is 1. The van der Waals surface area contributed by atoms with Crippen molar-refractivity contribution >= 4 is 34.7 Å². The van der Waals surface area contributed by atoms with Gasteiger partial charge in [0.15, 0.2) is 17.1 Å². The molecule has 4 aliphatic carbocycles. The van der Waals surface area contributed by atoms with E-state index in [1.165, 1.54) is 31.2 Å². The number of allylic oxidation sites excluding steroid dienone is 4. The fourth-order valence-corrected chi connectivity index (χ4v) is 8.99. The molecule has 3 N–H and O–H groups in total. The predicted octanol–water partition coefficient (Wildman–Crippen LogP) is 3.54. The predicted molar refractivity (Wildman–Crippen MR) is 144 cm³/mol. The Morgan fingerprint density at radius 1 is 1.15 bits per heavy atom. The van der Waals surface area contributed by atoms with Crippen LogP contribution in [0.4, 0.5) is 13.6 Å². The minimum absolute atomic E-state index is 0.0151. The van der Waals surface area contributed by atoms with Crippen LogP contribution in [0.2, 0.25) is 0 Å². The highest BCUT2D eigenvalue weighted by molar-refractivity contribution is 8.15. The number of alkyl halides is 2. The van der Waals surface area contributed by atoms with Gasteiger partial charge >= 0.3 is 5.97 Å². The first-order chi connectivity index (χ1) is 19.2. The number of hydrogen-bond acceptors (Lipinski definition) is 8. The van der Waals surface area contributed by atoms with Gasteiger partial charge in [0.1, 0.15) is 11.9 Å². The van der Waals surface area contributed by atoms with Crippen molar-refractivity contribution in [1.29, 1.82) is 0 Å². The highest BCUT2D eigenvalue weighted by Gasteiger charge is 2.73. The first kappa shape index (κ1) is 28.2. The number of ether oxygens (including phenoxy) is 1. The van der Waals surface area contributed by atoms with Crippen LogP contribution in [0, 0.1) is 22.7 Å². The number of amides is 2. The number of thioether (sulfide) groups is 1. The van der Waals surface area contributed by atoms with Gasteiger partial charge in [0.2, 0.25) is 5.91 Å². The molecule has 218 valence electrons. The Hall–Kier alpha value is -2.89. The summed E-state index contributed by atoms with van der Waals surface area (Å²) < 4.78 is 38.3. The van der Waals surface area contributed by atoms with Crippen molar-refractivity contribution in [3.8, 4) is 5.75 Å². The number of nitrogens with one attached hydrogen (secondary N) is 1. The Morgan fingerprint density at radius 2 is 1.85 bits per heavy atom. The molecule has 41 heavy (non-hydrogen) atoms. The molecule has 3 unspecified atom stereocenters. The van der Waals surface area contributed by atoms with E-state index in [-0.39, 0.29) is 42.9 Å². The average Bonchev–Trinajstić information content (AvgIpc) is 3.37. The van der Waals surface area contributed by atoms with Crippen LogP contribution in [0.15, 0.2) is 48.1 Å². The zero-order chi connectivity index (χ0) is 29.5. The van der Waals surface area contributed by atoms with Gasteiger partial charge in [-0.2, -0.15) is 0 Å². The molecular formula is C30H31F2NO7S. The monoisotopic (exact) mass is 587 g/mol. The molecule has 8 nitrogen and oxygen atoms in total. The Morgan fingerprint density at radius 3 is 2.51 bits per heavy atom. The second-order valence-electron chi connectivity index (χ2n) is 12.6. The van der Waals surface area contributed by atoms with E-state index in [1.807, 2.05) is 0 Å². The molecule has 9 atom stereocenters. The van der Waals surface area contributed by atoms with Crippen LogP contribution in [0.5, 0.6) is 5.75 Å². The number of halogens is 2. The van der Waals surface area contributed by atoms with E-state index in [2.05, 4.69) is 5.32 Å². The molecule has 0 aromatic heterocycles. The Labute approximate surface area is 239 Å². The van der Waals surface area contributed by atoms with Crippen LogP contribution in [-0.2, 0) is 20.8 Å². The van der Waals surface area contributed by atoms with Gasteiger partial charge in [0.25, 0.3) is 5.24 Å². The fourth-order valence-electron chi connectivity index (χ4n) is 8.13. The number of rotatable bonds is 4. The second kappa shape index (κ2) is 9.31. The van der Waals surface area contributed by atoms with E-state index in [0.717, 1.165) is 23.4 Å². The number of carbonyl (C=O) groups excluding carboxylic acids is 4. The lowest BCUT2D eigenvalue weighted by molar-refractivity contribution is -0.195. The maximum atomic E-state index is 17.2. The Balaban J connectivity index is 1.21. The van der Waals surface area contributed by atoms with Gasteiger partial charge in [-0.25, -0.2) is 13.6 Å². The molecular weight excluding hydrogens is 556 g/mol. The van der Waals surface area contributed by atoms with Crippen LogP contribution in [0.25, 0.3) is 0 Å². The van der Waals surface area contributed by atoms with Crippen LogP contribution < -0.4 is 10.1 Å². The molecule has 1 aromatic rings. The minimum atomic E-state index is -2.30. The van der Waals surface area contributed by atoms with E-state index in [4.69, 9.17) is 4.74 Å². The summed E-state index contributed by atoms with van der Waals surface area (Å²) in [5.41, 5.74) is -5.92.